The fourth-order valence-corrected chi connectivity index (χ4v) is 2.17. The molecule has 4 heteroatoms. The fraction of sp³-hybridized carbons (Fsp3) is 0.429. The van der Waals surface area contributed by atoms with Crippen molar-refractivity contribution < 1.29 is 0 Å². The molecule has 0 radical (unpaired) electrons. The molecule has 0 amide bonds. The van der Waals surface area contributed by atoms with Gasteiger partial charge in [-0.2, -0.15) is 0 Å². The van der Waals surface area contributed by atoms with Crippen LogP contribution in [-0.2, 0) is 6.42 Å². The molecule has 0 aliphatic heterocycles. The normalized spacial score (nSPS) is 21.8. The van der Waals surface area contributed by atoms with Crippen LogP contribution in [0.25, 0.3) is 0 Å². The van der Waals surface area contributed by atoms with Gasteiger partial charge in [-0.1, -0.05) is 27.5 Å². The third-order valence-electron chi connectivity index (χ3n) is 1.87. The minimum Gasteiger partial charge on any atom is -0.240 e. The lowest BCUT2D eigenvalue weighted by Gasteiger charge is -2.00. The van der Waals surface area contributed by atoms with Gasteiger partial charge in [-0.25, -0.2) is 9.97 Å². The van der Waals surface area contributed by atoms with Gasteiger partial charge in [-0.15, -0.1) is 0 Å². The molecule has 0 saturated heterocycles. The highest BCUT2D eigenvalue weighted by Gasteiger charge is 2.23. The number of hydrogen-bond acceptors (Lipinski definition) is 2. The van der Waals surface area contributed by atoms with E-state index in [9.17, 15) is 0 Å². The van der Waals surface area contributed by atoms with Crippen LogP contribution in [0.4, 0.5) is 0 Å². The first-order valence-corrected chi connectivity index (χ1v) is 4.71. The Balaban J connectivity index is 2.57. The molecule has 11 heavy (non-hydrogen) atoms. The number of nitrogens with zero attached hydrogens (tertiary/aromatic N) is 2. The van der Waals surface area contributed by atoms with E-state index in [1.165, 1.54) is 6.33 Å². The van der Waals surface area contributed by atoms with Crippen LogP contribution in [0, 0.1) is 0 Å². The van der Waals surface area contributed by atoms with Crippen molar-refractivity contribution in [2.24, 2.45) is 0 Å². The minimum absolute atomic E-state index is 0.373. The Hall–Kier alpha value is -0.150. The van der Waals surface area contributed by atoms with Crippen LogP contribution >= 0.6 is 27.5 Å². The molecular weight excluding hydrogens is 227 g/mol. The Bertz CT molecular complexity index is 290. The largest absolute Gasteiger partial charge is 0.240 e. The van der Waals surface area contributed by atoms with Crippen LogP contribution in [0.1, 0.15) is 22.5 Å². The second kappa shape index (κ2) is 2.72. The van der Waals surface area contributed by atoms with Gasteiger partial charge in [-0.3, -0.25) is 0 Å². The van der Waals surface area contributed by atoms with Crippen LogP contribution in [0.2, 0.25) is 5.15 Å². The monoisotopic (exact) mass is 232 g/mol. The molecule has 0 bridgehead atoms. The first kappa shape index (κ1) is 7.50. The summed E-state index contributed by atoms with van der Waals surface area (Å²) in [4.78, 5) is 8.45. The summed E-state index contributed by atoms with van der Waals surface area (Å²) in [5.74, 6) is 0. The van der Waals surface area contributed by atoms with Crippen LogP contribution in [-0.4, -0.2) is 9.97 Å². The smallest absolute Gasteiger partial charge is 0.135 e. The van der Waals surface area contributed by atoms with Gasteiger partial charge in [0.1, 0.15) is 11.5 Å². The topological polar surface area (TPSA) is 25.8 Å². The number of fused-ring (bicyclic) bond motifs is 1. The lowest BCUT2D eigenvalue weighted by molar-refractivity contribution is 0.890. The Morgan fingerprint density at radius 1 is 1.55 bits per heavy atom. The summed E-state index contributed by atoms with van der Waals surface area (Å²) >= 11 is 9.39. The zero-order valence-electron chi connectivity index (χ0n) is 5.72. The number of halogens is 2. The van der Waals surface area contributed by atoms with Crippen molar-refractivity contribution in [3.05, 3.63) is 22.7 Å². The van der Waals surface area contributed by atoms with Crippen molar-refractivity contribution in [3.63, 3.8) is 0 Å². The van der Waals surface area contributed by atoms with Gasteiger partial charge < -0.3 is 0 Å². The van der Waals surface area contributed by atoms with Gasteiger partial charge >= 0.3 is 0 Å². The van der Waals surface area contributed by atoms with Crippen molar-refractivity contribution >= 4 is 27.5 Å². The molecule has 1 unspecified atom stereocenters. The second-order valence-corrected chi connectivity index (χ2v) is 4.00. The van der Waals surface area contributed by atoms with E-state index < -0.39 is 0 Å². The van der Waals surface area contributed by atoms with Crippen LogP contribution in [0.5, 0.6) is 0 Å². The van der Waals surface area contributed by atoms with E-state index >= 15 is 0 Å². The van der Waals surface area contributed by atoms with Gasteiger partial charge in [0.2, 0.25) is 0 Å². The second-order valence-electron chi connectivity index (χ2n) is 2.53. The summed E-state index contributed by atoms with van der Waals surface area (Å²) < 4.78 is 0. The SMILES string of the molecule is Clc1ncnc2c1CCC2Br. The quantitative estimate of drug-likeness (QED) is 0.508. The number of aromatic nitrogens is 2. The maximum Gasteiger partial charge on any atom is 0.135 e. The molecule has 1 atom stereocenters. The molecule has 0 spiro atoms. The van der Waals surface area contributed by atoms with Crippen molar-refractivity contribution in [3.8, 4) is 0 Å². The molecule has 58 valence electrons. The molecule has 0 fully saturated rings. The van der Waals surface area contributed by atoms with Crippen molar-refractivity contribution in [1.29, 1.82) is 0 Å². The summed E-state index contributed by atoms with van der Waals surface area (Å²) in [7, 11) is 0. The summed E-state index contributed by atoms with van der Waals surface area (Å²) in [6, 6.07) is 0. The molecule has 1 heterocycles. The average Bonchev–Trinajstić information content (AvgIpc) is 2.35. The minimum atomic E-state index is 0.373. The lowest BCUT2D eigenvalue weighted by atomic mass is 10.3. The van der Waals surface area contributed by atoms with Crippen LogP contribution in [0.3, 0.4) is 0 Å². The Kier molecular flexibility index (Phi) is 1.85. The van der Waals surface area contributed by atoms with Crippen molar-refractivity contribution in [1.82, 2.24) is 9.97 Å². The predicted octanol–water partition coefficient (Wildman–Crippen LogP) is 2.51. The first-order valence-electron chi connectivity index (χ1n) is 3.42. The molecule has 1 aromatic heterocycles. The molecule has 1 aliphatic rings. The van der Waals surface area contributed by atoms with E-state index in [0.717, 1.165) is 24.1 Å². The highest BCUT2D eigenvalue weighted by atomic mass is 79.9. The van der Waals surface area contributed by atoms with Gasteiger partial charge in [0.05, 0.1) is 10.5 Å². The van der Waals surface area contributed by atoms with Crippen LogP contribution < -0.4 is 0 Å². The highest BCUT2D eigenvalue weighted by Crippen LogP contribution is 2.37. The third-order valence-corrected chi connectivity index (χ3v) is 3.09. The number of hydrogen-bond donors (Lipinski definition) is 0. The average molecular weight is 233 g/mol. The van der Waals surface area contributed by atoms with E-state index in [-0.39, 0.29) is 0 Å². The van der Waals surface area contributed by atoms with E-state index in [0.29, 0.717) is 9.98 Å². The lowest BCUT2D eigenvalue weighted by Crippen LogP contribution is -1.91. The molecule has 2 nitrogen and oxygen atoms in total. The fourth-order valence-electron chi connectivity index (χ4n) is 1.31. The molecule has 0 saturated carbocycles. The van der Waals surface area contributed by atoms with Gasteiger partial charge in [0.15, 0.2) is 0 Å². The summed E-state index contributed by atoms with van der Waals surface area (Å²) in [5.41, 5.74) is 2.17. The van der Waals surface area contributed by atoms with Crippen LogP contribution in [0.15, 0.2) is 6.33 Å². The Labute approximate surface area is 78.1 Å². The summed E-state index contributed by atoms with van der Waals surface area (Å²) in [5, 5.41) is 0.608. The first-order chi connectivity index (χ1) is 5.29. The molecule has 1 aromatic rings. The van der Waals surface area contributed by atoms with Crippen molar-refractivity contribution in [2.75, 3.05) is 0 Å². The molecule has 2 rings (SSSR count). The Morgan fingerprint density at radius 3 is 3.09 bits per heavy atom. The summed E-state index contributed by atoms with van der Waals surface area (Å²) in [6.45, 7) is 0. The highest BCUT2D eigenvalue weighted by molar-refractivity contribution is 9.09. The van der Waals surface area contributed by atoms with E-state index in [1.807, 2.05) is 0 Å². The summed E-state index contributed by atoms with van der Waals surface area (Å²) in [6.07, 6.45) is 3.58. The number of rotatable bonds is 0. The predicted molar refractivity (Wildman–Crippen MR) is 47.0 cm³/mol. The standard InChI is InChI=1S/C7H6BrClN2/c8-5-2-1-4-6(5)10-3-11-7(4)9/h3,5H,1-2H2. The van der Waals surface area contributed by atoms with Gasteiger partial charge in [0, 0.05) is 5.56 Å². The third kappa shape index (κ3) is 1.16. The zero-order valence-corrected chi connectivity index (χ0v) is 8.06. The van der Waals surface area contributed by atoms with Crippen molar-refractivity contribution in [2.45, 2.75) is 17.7 Å². The Morgan fingerprint density at radius 2 is 2.36 bits per heavy atom. The van der Waals surface area contributed by atoms with Gasteiger partial charge in [0.25, 0.3) is 0 Å². The molecule has 0 N–H and O–H groups in total. The van der Waals surface area contributed by atoms with E-state index in [4.69, 9.17) is 11.6 Å². The number of alkyl halides is 1. The maximum absolute atomic E-state index is 5.86. The molecule has 1 aliphatic carbocycles. The molecular formula is C7H6BrClN2. The van der Waals surface area contributed by atoms with E-state index in [1.54, 1.807) is 0 Å². The zero-order chi connectivity index (χ0) is 7.84. The maximum atomic E-state index is 5.86. The molecule has 0 aromatic carbocycles. The van der Waals surface area contributed by atoms with Gasteiger partial charge in [-0.05, 0) is 12.8 Å². The van der Waals surface area contributed by atoms with E-state index in [2.05, 4.69) is 25.9 Å².